The quantitative estimate of drug-likeness (QED) is 0.518. The van der Waals surface area contributed by atoms with Crippen LogP contribution in [0.3, 0.4) is 0 Å². The van der Waals surface area contributed by atoms with Gasteiger partial charge in [0.15, 0.2) is 10.1 Å². The molecule has 17 heavy (non-hydrogen) atoms. The van der Waals surface area contributed by atoms with Crippen LogP contribution >= 0.6 is 0 Å². The molecule has 0 heterocycles. The third-order valence-electron chi connectivity index (χ3n) is 2.18. The summed E-state index contributed by atoms with van der Waals surface area (Å²) < 4.78 is 59.6. The minimum absolute atomic E-state index is 0.172. The van der Waals surface area contributed by atoms with E-state index >= 15 is 0 Å². The summed E-state index contributed by atoms with van der Waals surface area (Å²) in [6.45, 7) is 3.46. The average Bonchev–Trinajstić information content (AvgIpc) is 2.16. The Morgan fingerprint density at radius 1 is 1.41 bits per heavy atom. The maximum atomic E-state index is 12.6. The Hall–Kier alpha value is -0.760. The van der Waals surface area contributed by atoms with Crippen molar-refractivity contribution in [2.75, 3.05) is 6.61 Å². The highest BCUT2D eigenvalue weighted by Crippen LogP contribution is 2.22. The van der Waals surface area contributed by atoms with E-state index in [1.54, 1.807) is 0 Å². The van der Waals surface area contributed by atoms with Crippen LogP contribution in [0.4, 0.5) is 8.78 Å². The molecule has 0 radical (unpaired) electrons. The monoisotopic (exact) mass is 273 g/mol. The van der Waals surface area contributed by atoms with Gasteiger partial charge in [-0.1, -0.05) is 26.7 Å². The molecular formula is C9H15F2O5S-. The summed E-state index contributed by atoms with van der Waals surface area (Å²) in [5.41, 5.74) is 0. The predicted molar refractivity (Wildman–Crippen MR) is 54.3 cm³/mol. The first-order chi connectivity index (χ1) is 7.63. The zero-order valence-electron chi connectivity index (χ0n) is 9.61. The smallest absolute Gasteiger partial charge is 0.428 e. The van der Waals surface area contributed by atoms with Crippen LogP contribution in [0.5, 0.6) is 0 Å². The van der Waals surface area contributed by atoms with Gasteiger partial charge in [-0.3, -0.25) is 0 Å². The van der Waals surface area contributed by atoms with Crippen molar-refractivity contribution in [3.05, 3.63) is 0 Å². The number of carbonyl (C=O) groups is 1. The van der Waals surface area contributed by atoms with Crippen molar-refractivity contribution in [1.82, 2.24) is 0 Å². The standard InChI is InChI=1S/C9H16F2O5S/c1-3-4-7(2)5-6-16-8(12)9(10,11)17(13,14)15/h7H,3-6H2,1-2H3,(H,13,14,15)/p-1. The van der Waals surface area contributed by atoms with Crippen LogP contribution < -0.4 is 0 Å². The number of hydrogen-bond acceptors (Lipinski definition) is 5. The van der Waals surface area contributed by atoms with E-state index in [4.69, 9.17) is 0 Å². The first-order valence-corrected chi connectivity index (χ1v) is 6.54. The number of carbonyl (C=O) groups excluding carboxylic acids is 1. The third-order valence-corrected chi connectivity index (χ3v) is 2.97. The minimum Gasteiger partial charge on any atom is -0.743 e. The Morgan fingerprint density at radius 2 is 1.94 bits per heavy atom. The van der Waals surface area contributed by atoms with Gasteiger partial charge in [0.2, 0.25) is 0 Å². The fourth-order valence-corrected chi connectivity index (χ4v) is 1.44. The van der Waals surface area contributed by atoms with E-state index in [2.05, 4.69) is 4.74 Å². The molecule has 0 N–H and O–H groups in total. The first-order valence-electron chi connectivity index (χ1n) is 5.13. The van der Waals surface area contributed by atoms with Crippen LogP contribution in [0.1, 0.15) is 33.1 Å². The lowest BCUT2D eigenvalue weighted by atomic mass is 10.0. The van der Waals surface area contributed by atoms with Crippen molar-refractivity contribution >= 4 is 16.1 Å². The fourth-order valence-electron chi connectivity index (χ4n) is 1.18. The van der Waals surface area contributed by atoms with Crippen LogP contribution in [0.25, 0.3) is 0 Å². The zero-order chi connectivity index (χ0) is 13.7. The maximum Gasteiger partial charge on any atom is 0.428 e. The molecule has 0 aromatic rings. The molecule has 0 spiro atoms. The van der Waals surface area contributed by atoms with E-state index in [9.17, 15) is 26.5 Å². The van der Waals surface area contributed by atoms with Gasteiger partial charge in [-0.05, 0) is 12.3 Å². The summed E-state index contributed by atoms with van der Waals surface area (Å²) in [7, 11) is -6.02. The molecule has 0 aromatic carbocycles. The summed E-state index contributed by atoms with van der Waals surface area (Å²) in [6, 6.07) is 0. The molecular weight excluding hydrogens is 258 g/mol. The van der Waals surface area contributed by atoms with Crippen LogP contribution in [0.15, 0.2) is 0 Å². The Morgan fingerprint density at radius 3 is 2.35 bits per heavy atom. The number of esters is 1. The molecule has 0 aliphatic heterocycles. The van der Waals surface area contributed by atoms with Gasteiger partial charge in [-0.15, -0.1) is 0 Å². The molecule has 1 unspecified atom stereocenters. The van der Waals surface area contributed by atoms with Crippen LogP contribution in [0.2, 0.25) is 0 Å². The second-order valence-corrected chi connectivity index (χ2v) is 5.21. The van der Waals surface area contributed by atoms with Crippen molar-refractivity contribution in [2.24, 2.45) is 5.92 Å². The normalized spacial score (nSPS) is 14.4. The van der Waals surface area contributed by atoms with Gasteiger partial charge in [0.05, 0.1) is 6.61 Å². The number of hydrogen-bond donors (Lipinski definition) is 0. The molecule has 0 saturated heterocycles. The van der Waals surface area contributed by atoms with Gasteiger partial charge in [0, 0.05) is 0 Å². The molecule has 0 fully saturated rings. The Balaban J connectivity index is 4.21. The van der Waals surface area contributed by atoms with E-state index in [0.717, 1.165) is 12.8 Å². The summed E-state index contributed by atoms with van der Waals surface area (Å²) in [4.78, 5) is 10.7. The molecule has 0 aromatic heterocycles. The Labute approximate surface area is 98.9 Å². The summed E-state index contributed by atoms with van der Waals surface area (Å²) in [5, 5.41) is -5.01. The van der Waals surface area contributed by atoms with Gasteiger partial charge < -0.3 is 9.29 Å². The number of halogens is 2. The van der Waals surface area contributed by atoms with Crippen LogP contribution in [0, 0.1) is 5.92 Å². The second-order valence-electron chi connectivity index (χ2n) is 3.79. The molecule has 5 nitrogen and oxygen atoms in total. The second kappa shape index (κ2) is 6.25. The molecule has 0 bridgehead atoms. The number of alkyl halides is 2. The predicted octanol–water partition coefficient (Wildman–Crippen LogP) is 1.49. The van der Waals surface area contributed by atoms with Crippen molar-refractivity contribution in [3.63, 3.8) is 0 Å². The largest absolute Gasteiger partial charge is 0.743 e. The van der Waals surface area contributed by atoms with Gasteiger partial charge in [-0.25, -0.2) is 13.2 Å². The van der Waals surface area contributed by atoms with Gasteiger partial charge >= 0.3 is 11.2 Å². The SMILES string of the molecule is CCCC(C)CCOC(=O)C(F)(F)S(=O)(=O)[O-]. The molecule has 8 heteroatoms. The van der Waals surface area contributed by atoms with Gasteiger partial charge in [0.25, 0.3) is 0 Å². The van der Waals surface area contributed by atoms with E-state index in [1.165, 1.54) is 0 Å². The van der Waals surface area contributed by atoms with Gasteiger partial charge in [0.1, 0.15) is 0 Å². The maximum absolute atomic E-state index is 12.6. The molecule has 0 saturated carbocycles. The highest BCUT2D eigenvalue weighted by atomic mass is 32.2. The lowest BCUT2D eigenvalue weighted by molar-refractivity contribution is -0.161. The number of ether oxygens (including phenoxy) is 1. The van der Waals surface area contributed by atoms with E-state index in [0.29, 0.717) is 6.42 Å². The lowest BCUT2D eigenvalue weighted by Crippen LogP contribution is -2.39. The minimum atomic E-state index is -6.02. The van der Waals surface area contributed by atoms with Crippen LogP contribution in [-0.2, 0) is 19.6 Å². The Bertz CT molecular complexity index is 352. The van der Waals surface area contributed by atoms with Crippen molar-refractivity contribution in [1.29, 1.82) is 0 Å². The highest BCUT2D eigenvalue weighted by Gasteiger charge is 2.48. The molecule has 102 valence electrons. The molecule has 0 amide bonds. The van der Waals surface area contributed by atoms with E-state index in [1.807, 2.05) is 13.8 Å². The number of rotatable bonds is 7. The fraction of sp³-hybridized carbons (Fsp3) is 0.889. The molecule has 0 aliphatic carbocycles. The van der Waals surface area contributed by atoms with Crippen molar-refractivity contribution in [2.45, 2.75) is 38.4 Å². The van der Waals surface area contributed by atoms with E-state index in [-0.39, 0.29) is 12.5 Å². The molecule has 1 atom stereocenters. The Kier molecular flexibility index (Phi) is 5.97. The van der Waals surface area contributed by atoms with E-state index < -0.39 is 21.3 Å². The van der Waals surface area contributed by atoms with Crippen LogP contribution in [-0.4, -0.2) is 30.8 Å². The van der Waals surface area contributed by atoms with Gasteiger partial charge in [-0.2, -0.15) is 8.78 Å². The molecule has 0 aliphatic rings. The van der Waals surface area contributed by atoms with Crippen molar-refractivity contribution < 1.29 is 31.3 Å². The first kappa shape index (κ1) is 16.2. The zero-order valence-corrected chi connectivity index (χ0v) is 10.4. The lowest BCUT2D eigenvalue weighted by Gasteiger charge is -2.18. The summed E-state index contributed by atoms with van der Waals surface area (Å²) in [6.07, 6.45) is 2.09. The molecule has 0 rings (SSSR count). The highest BCUT2D eigenvalue weighted by molar-refractivity contribution is 7.87. The van der Waals surface area contributed by atoms with Crippen molar-refractivity contribution in [3.8, 4) is 0 Å². The third kappa shape index (κ3) is 4.95. The summed E-state index contributed by atoms with van der Waals surface area (Å²) in [5.74, 6) is -2.14. The average molecular weight is 273 g/mol. The summed E-state index contributed by atoms with van der Waals surface area (Å²) >= 11 is 0. The topological polar surface area (TPSA) is 83.5 Å².